The minimum absolute atomic E-state index is 0.461. The molecule has 110 valence electrons. The lowest BCUT2D eigenvalue weighted by Crippen LogP contribution is -2.36. The Hall–Kier alpha value is -2.21. The fourth-order valence-electron chi connectivity index (χ4n) is 2.71. The minimum Gasteiger partial charge on any atom is -0.481 e. The Kier molecular flexibility index (Phi) is 3.70. The van der Waals surface area contributed by atoms with Crippen molar-refractivity contribution in [3.05, 3.63) is 47.1 Å². The van der Waals surface area contributed by atoms with Crippen molar-refractivity contribution >= 4 is 5.97 Å². The first-order valence-corrected chi connectivity index (χ1v) is 7.01. The van der Waals surface area contributed by atoms with E-state index >= 15 is 0 Å². The van der Waals surface area contributed by atoms with Crippen LogP contribution in [-0.4, -0.2) is 32.7 Å². The third kappa shape index (κ3) is 2.80. The number of nitrogens with zero attached hydrogens (tertiary/aromatic N) is 3. The van der Waals surface area contributed by atoms with Crippen molar-refractivity contribution < 1.29 is 14.4 Å². The van der Waals surface area contributed by atoms with Gasteiger partial charge in [0.1, 0.15) is 0 Å². The van der Waals surface area contributed by atoms with Gasteiger partial charge < -0.3 is 9.63 Å². The Labute approximate surface area is 122 Å². The van der Waals surface area contributed by atoms with Gasteiger partial charge in [0.25, 0.3) is 0 Å². The highest BCUT2D eigenvalue weighted by Gasteiger charge is 2.30. The quantitative estimate of drug-likeness (QED) is 0.924. The molecule has 1 aromatic heterocycles. The van der Waals surface area contributed by atoms with Gasteiger partial charge in [-0.2, -0.15) is 4.98 Å². The van der Waals surface area contributed by atoms with Gasteiger partial charge in [-0.15, -0.1) is 0 Å². The first kappa shape index (κ1) is 13.8. The summed E-state index contributed by atoms with van der Waals surface area (Å²) in [5, 5.41) is 13.4. The Morgan fingerprint density at radius 3 is 3.00 bits per heavy atom. The van der Waals surface area contributed by atoms with E-state index in [0.29, 0.717) is 37.8 Å². The Morgan fingerprint density at radius 1 is 1.48 bits per heavy atom. The van der Waals surface area contributed by atoms with Crippen molar-refractivity contribution in [2.45, 2.75) is 32.4 Å². The molecule has 21 heavy (non-hydrogen) atoms. The molecule has 0 aliphatic carbocycles. The number of aryl methyl sites for hydroxylation is 1. The molecule has 2 heterocycles. The highest BCUT2D eigenvalue weighted by atomic mass is 16.5. The van der Waals surface area contributed by atoms with Crippen LogP contribution in [0.3, 0.4) is 0 Å². The molecule has 1 aromatic carbocycles. The van der Waals surface area contributed by atoms with E-state index in [0.717, 1.165) is 11.1 Å². The van der Waals surface area contributed by atoms with E-state index in [-0.39, 0.29) is 0 Å². The van der Waals surface area contributed by atoms with Crippen LogP contribution in [0.25, 0.3) is 0 Å². The van der Waals surface area contributed by atoms with Gasteiger partial charge in [-0.1, -0.05) is 36.3 Å². The number of carboxylic acid groups (broad SMARTS) is 1. The molecule has 6 nitrogen and oxygen atoms in total. The minimum atomic E-state index is -0.797. The van der Waals surface area contributed by atoms with Crippen molar-refractivity contribution in [2.75, 3.05) is 6.54 Å². The van der Waals surface area contributed by atoms with Crippen molar-refractivity contribution in [1.29, 1.82) is 0 Å². The second-order valence-electron chi connectivity index (χ2n) is 5.22. The summed E-state index contributed by atoms with van der Waals surface area (Å²) < 4.78 is 5.10. The third-order valence-electron chi connectivity index (χ3n) is 3.74. The van der Waals surface area contributed by atoms with E-state index in [1.807, 2.05) is 36.1 Å². The average Bonchev–Trinajstić information content (AvgIpc) is 2.94. The van der Waals surface area contributed by atoms with E-state index in [9.17, 15) is 9.90 Å². The normalized spacial score (nSPS) is 18.4. The molecule has 0 saturated carbocycles. The standard InChI is InChI=1S/C15H17N3O3/c1-2-14-16-13(17-21-14)9-18-7-10-5-3-4-6-11(10)12(8-18)15(19)20/h3-6,12H,2,7-9H2,1H3,(H,19,20). The number of hydrogen-bond donors (Lipinski definition) is 1. The van der Waals surface area contributed by atoms with E-state index < -0.39 is 11.9 Å². The predicted octanol–water partition coefficient (Wildman–Crippen LogP) is 1.82. The smallest absolute Gasteiger partial charge is 0.312 e. The van der Waals surface area contributed by atoms with Crippen LogP contribution < -0.4 is 0 Å². The number of fused-ring (bicyclic) bond motifs is 1. The zero-order chi connectivity index (χ0) is 14.8. The first-order valence-electron chi connectivity index (χ1n) is 7.01. The molecule has 0 amide bonds. The molecule has 0 fully saturated rings. The van der Waals surface area contributed by atoms with Crippen molar-refractivity contribution in [3.63, 3.8) is 0 Å². The summed E-state index contributed by atoms with van der Waals surface area (Å²) in [5.41, 5.74) is 1.96. The van der Waals surface area contributed by atoms with Crippen LogP contribution in [0.4, 0.5) is 0 Å². The molecule has 6 heteroatoms. The van der Waals surface area contributed by atoms with Gasteiger partial charge in [-0.05, 0) is 11.1 Å². The van der Waals surface area contributed by atoms with E-state index in [1.54, 1.807) is 0 Å². The Morgan fingerprint density at radius 2 is 2.29 bits per heavy atom. The van der Waals surface area contributed by atoms with Crippen molar-refractivity contribution in [3.8, 4) is 0 Å². The maximum Gasteiger partial charge on any atom is 0.312 e. The number of aromatic nitrogens is 2. The van der Waals surface area contributed by atoms with Crippen LogP contribution in [0.15, 0.2) is 28.8 Å². The number of hydrogen-bond acceptors (Lipinski definition) is 5. The Bertz CT molecular complexity index is 653. The highest BCUT2D eigenvalue weighted by molar-refractivity contribution is 5.77. The molecule has 1 unspecified atom stereocenters. The molecule has 0 bridgehead atoms. The zero-order valence-corrected chi connectivity index (χ0v) is 11.8. The molecule has 1 aliphatic heterocycles. The van der Waals surface area contributed by atoms with Gasteiger partial charge in [0.15, 0.2) is 5.82 Å². The number of rotatable bonds is 4. The van der Waals surface area contributed by atoms with E-state index in [4.69, 9.17) is 4.52 Å². The molecule has 2 aromatic rings. The van der Waals surface area contributed by atoms with Crippen LogP contribution >= 0.6 is 0 Å². The van der Waals surface area contributed by atoms with Crippen molar-refractivity contribution in [1.82, 2.24) is 15.0 Å². The summed E-state index contributed by atoms with van der Waals surface area (Å²) in [6.07, 6.45) is 0.702. The molecule has 0 saturated heterocycles. The largest absolute Gasteiger partial charge is 0.481 e. The molecule has 1 atom stereocenters. The van der Waals surface area contributed by atoms with Gasteiger partial charge in [-0.25, -0.2) is 0 Å². The van der Waals surface area contributed by atoms with Gasteiger partial charge >= 0.3 is 5.97 Å². The molecule has 1 aliphatic rings. The molecule has 1 N–H and O–H groups in total. The molecule has 3 rings (SSSR count). The first-order chi connectivity index (χ1) is 10.2. The molecule has 0 radical (unpaired) electrons. The monoisotopic (exact) mass is 287 g/mol. The SMILES string of the molecule is CCc1nc(CN2Cc3ccccc3C(C(=O)O)C2)no1. The summed E-state index contributed by atoms with van der Waals surface area (Å²) in [5.74, 6) is -0.0884. The van der Waals surface area contributed by atoms with Gasteiger partial charge in [0.05, 0.1) is 12.5 Å². The molecule has 0 spiro atoms. The van der Waals surface area contributed by atoms with Crippen LogP contribution in [-0.2, 0) is 24.3 Å². The number of carboxylic acids is 1. The van der Waals surface area contributed by atoms with Gasteiger partial charge in [0.2, 0.25) is 5.89 Å². The second-order valence-corrected chi connectivity index (χ2v) is 5.22. The predicted molar refractivity (Wildman–Crippen MR) is 74.6 cm³/mol. The lowest BCUT2D eigenvalue weighted by atomic mass is 9.90. The number of aliphatic carboxylic acids is 1. The maximum absolute atomic E-state index is 11.5. The van der Waals surface area contributed by atoms with Crippen LogP contribution in [0.2, 0.25) is 0 Å². The van der Waals surface area contributed by atoms with Crippen molar-refractivity contribution in [2.24, 2.45) is 0 Å². The zero-order valence-electron chi connectivity index (χ0n) is 11.8. The molecular weight excluding hydrogens is 270 g/mol. The van der Waals surface area contributed by atoms with Gasteiger partial charge in [-0.3, -0.25) is 9.69 Å². The Balaban J connectivity index is 1.81. The van der Waals surface area contributed by atoms with Gasteiger partial charge in [0, 0.05) is 19.5 Å². The summed E-state index contributed by atoms with van der Waals surface area (Å²) in [6, 6.07) is 7.70. The summed E-state index contributed by atoms with van der Waals surface area (Å²) in [4.78, 5) is 17.8. The number of carbonyl (C=O) groups is 1. The maximum atomic E-state index is 11.5. The third-order valence-corrected chi connectivity index (χ3v) is 3.74. The fourth-order valence-corrected chi connectivity index (χ4v) is 2.71. The van der Waals surface area contributed by atoms with Crippen LogP contribution in [0, 0.1) is 0 Å². The summed E-state index contributed by atoms with van der Waals surface area (Å²) in [6.45, 7) is 3.62. The summed E-state index contributed by atoms with van der Waals surface area (Å²) >= 11 is 0. The number of benzene rings is 1. The summed E-state index contributed by atoms with van der Waals surface area (Å²) in [7, 11) is 0. The lowest BCUT2D eigenvalue weighted by Gasteiger charge is -2.31. The highest BCUT2D eigenvalue weighted by Crippen LogP contribution is 2.29. The van der Waals surface area contributed by atoms with Crippen LogP contribution in [0.1, 0.15) is 35.7 Å². The lowest BCUT2D eigenvalue weighted by molar-refractivity contribution is -0.139. The second kappa shape index (κ2) is 5.65. The average molecular weight is 287 g/mol. The fraction of sp³-hybridized carbons (Fsp3) is 0.400. The van der Waals surface area contributed by atoms with E-state index in [1.165, 1.54) is 0 Å². The topological polar surface area (TPSA) is 79.5 Å². The van der Waals surface area contributed by atoms with Crippen LogP contribution in [0.5, 0.6) is 0 Å². The van der Waals surface area contributed by atoms with E-state index in [2.05, 4.69) is 10.1 Å². The molecular formula is C15H17N3O3.